The van der Waals surface area contributed by atoms with Crippen LogP contribution in [0.25, 0.3) is 10.9 Å². The Balaban J connectivity index is 1.29. The number of ether oxygens (including phenoxy) is 1. The molecule has 2 N–H and O–H groups in total. The van der Waals surface area contributed by atoms with Crippen LogP contribution in [0.5, 0.6) is 5.75 Å². The van der Waals surface area contributed by atoms with Crippen LogP contribution in [0.4, 0.5) is 11.4 Å². The van der Waals surface area contributed by atoms with E-state index in [0.29, 0.717) is 45.7 Å². The highest BCUT2D eigenvalue weighted by atomic mass is 16.5. The Kier molecular flexibility index (Phi) is 6.49. The molecule has 0 spiro atoms. The molecule has 2 heterocycles. The van der Waals surface area contributed by atoms with Crippen molar-refractivity contribution in [1.82, 2.24) is 9.55 Å². The molecular weight excluding hydrogens is 456 g/mol. The maximum absolute atomic E-state index is 12.9. The summed E-state index contributed by atoms with van der Waals surface area (Å²) in [7, 11) is 1.58. The number of nitrogens with zero attached hydrogens (tertiary/aromatic N) is 2. The zero-order valence-corrected chi connectivity index (χ0v) is 19.9. The van der Waals surface area contributed by atoms with Crippen LogP contribution in [-0.2, 0) is 13.0 Å². The van der Waals surface area contributed by atoms with Gasteiger partial charge in [-0.1, -0.05) is 6.42 Å². The van der Waals surface area contributed by atoms with Gasteiger partial charge >= 0.3 is 0 Å². The maximum atomic E-state index is 12.9. The third-order valence-corrected chi connectivity index (χ3v) is 6.33. The van der Waals surface area contributed by atoms with Crippen molar-refractivity contribution in [3.05, 3.63) is 94.0 Å². The van der Waals surface area contributed by atoms with Crippen LogP contribution in [0, 0.1) is 0 Å². The second-order valence-electron chi connectivity index (χ2n) is 8.74. The number of methoxy groups -OCH3 is 1. The largest absolute Gasteiger partial charge is 0.497 e. The van der Waals surface area contributed by atoms with Crippen molar-refractivity contribution in [2.75, 3.05) is 17.7 Å². The number of fused-ring (bicyclic) bond motifs is 2. The molecule has 36 heavy (non-hydrogen) atoms. The van der Waals surface area contributed by atoms with Gasteiger partial charge in [0.25, 0.3) is 17.4 Å². The Morgan fingerprint density at radius 2 is 1.47 bits per heavy atom. The normalized spacial score (nSPS) is 12.9. The Morgan fingerprint density at radius 1 is 0.833 bits per heavy atom. The molecule has 0 fully saturated rings. The highest BCUT2D eigenvalue weighted by Gasteiger charge is 2.16. The molecule has 0 atom stereocenters. The van der Waals surface area contributed by atoms with Gasteiger partial charge in [0.2, 0.25) is 0 Å². The smallest absolute Gasteiger partial charge is 0.261 e. The average molecular weight is 483 g/mol. The first-order chi connectivity index (χ1) is 17.5. The molecule has 1 aliphatic heterocycles. The summed E-state index contributed by atoms with van der Waals surface area (Å²) in [4.78, 5) is 43.0. The van der Waals surface area contributed by atoms with Gasteiger partial charge in [-0.3, -0.25) is 19.0 Å². The first-order valence-electron chi connectivity index (χ1n) is 11.9. The minimum Gasteiger partial charge on any atom is -0.497 e. The summed E-state index contributed by atoms with van der Waals surface area (Å²) < 4.78 is 6.89. The highest BCUT2D eigenvalue weighted by Crippen LogP contribution is 2.19. The van der Waals surface area contributed by atoms with Crippen molar-refractivity contribution < 1.29 is 14.3 Å². The topological polar surface area (TPSA) is 102 Å². The highest BCUT2D eigenvalue weighted by molar-refractivity contribution is 6.07. The lowest BCUT2D eigenvalue weighted by atomic mass is 10.1. The summed E-state index contributed by atoms with van der Waals surface area (Å²) >= 11 is 0. The van der Waals surface area contributed by atoms with E-state index in [-0.39, 0.29) is 17.4 Å². The monoisotopic (exact) mass is 482 g/mol. The molecular formula is C28H26N4O4. The fraction of sp³-hybridized carbons (Fsp3) is 0.214. The third kappa shape index (κ3) is 4.84. The third-order valence-electron chi connectivity index (χ3n) is 6.33. The van der Waals surface area contributed by atoms with Crippen molar-refractivity contribution >= 4 is 34.1 Å². The number of benzene rings is 3. The summed E-state index contributed by atoms with van der Waals surface area (Å²) in [6, 6.07) is 18.7. The Hall–Kier alpha value is -4.46. The molecule has 5 rings (SSSR count). The molecule has 2 amide bonds. The first kappa shape index (κ1) is 23.3. The molecule has 4 aromatic rings. The lowest BCUT2D eigenvalue weighted by Crippen LogP contribution is -2.24. The van der Waals surface area contributed by atoms with Gasteiger partial charge < -0.3 is 15.4 Å². The first-order valence-corrected chi connectivity index (χ1v) is 11.9. The molecule has 0 saturated carbocycles. The van der Waals surface area contributed by atoms with Gasteiger partial charge in [-0.05, 0) is 79.6 Å². The number of hydrogen-bond acceptors (Lipinski definition) is 5. The summed E-state index contributed by atoms with van der Waals surface area (Å²) in [5.41, 5.74) is 2.56. The van der Waals surface area contributed by atoms with E-state index < -0.39 is 0 Å². The van der Waals surface area contributed by atoms with Crippen molar-refractivity contribution in [3.63, 3.8) is 0 Å². The zero-order valence-electron chi connectivity index (χ0n) is 19.9. The lowest BCUT2D eigenvalue weighted by Gasteiger charge is -2.11. The number of hydrogen-bond donors (Lipinski definition) is 2. The predicted octanol–water partition coefficient (Wildman–Crippen LogP) is 4.64. The van der Waals surface area contributed by atoms with E-state index in [4.69, 9.17) is 9.72 Å². The molecule has 182 valence electrons. The van der Waals surface area contributed by atoms with Crippen molar-refractivity contribution in [3.8, 4) is 5.75 Å². The zero-order chi connectivity index (χ0) is 25.1. The number of anilines is 2. The predicted molar refractivity (Wildman–Crippen MR) is 139 cm³/mol. The van der Waals surface area contributed by atoms with Gasteiger partial charge in [0.05, 0.1) is 18.0 Å². The van der Waals surface area contributed by atoms with Crippen LogP contribution in [-0.4, -0.2) is 28.5 Å². The fourth-order valence-corrected chi connectivity index (χ4v) is 4.35. The second-order valence-corrected chi connectivity index (χ2v) is 8.74. The number of carbonyl (C=O) groups is 2. The molecule has 0 unspecified atom stereocenters. The van der Waals surface area contributed by atoms with E-state index in [1.54, 1.807) is 78.4 Å². The minimum absolute atomic E-state index is 0.0487. The van der Waals surface area contributed by atoms with E-state index >= 15 is 0 Å². The van der Waals surface area contributed by atoms with Gasteiger partial charge in [-0.25, -0.2) is 4.98 Å². The summed E-state index contributed by atoms with van der Waals surface area (Å²) in [5.74, 6) is 0.914. The Morgan fingerprint density at radius 3 is 2.17 bits per heavy atom. The molecule has 8 nitrogen and oxygen atoms in total. The number of aromatic nitrogens is 2. The van der Waals surface area contributed by atoms with Gasteiger partial charge in [0, 0.05) is 35.5 Å². The molecule has 0 saturated heterocycles. The standard InChI is InChI=1S/C28H26N4O4/c1-36-22-13-11-21(12-14-22)29-26(33)18-6-9-20(10-7-18)30-27(34)19-8-15-23-24(17-19)31-25-5-3-2-4-16-32(25)28(23)35/h6-15,17H,2-5,16H2,1H3,(H,29,33)(H,30,34). The number of aryl methyl sites for hydroxylation is 1. The average Bonchev–Trinajstić information content (AvgIpc) is 3.15. The van der Waals surface area contributed by atoms with Gasteiger partial charge in [-0.15, -0.1) is 0 Å². The lowest BCUT2D eigenvalue weighted by molar-refractivity contribution is 0.102. The van der Waals surface area contributed by atoms with Crippen molar-refractivity contribution in [2.24, 2.45) is 0 Å². The van der Waals surface area contributed by atoms with E-state index in [2.05, 4.69) is 10.6 Å². The van der Waals surface area contributed by atoms with Crippen LogP contribution < -0.4 is 20.9 Å². The van der Waals surface area contributed by atoms with Gasteiger partial charge in [0.15, 0.2) is 0 Å². The molecule has 3 aromatic carbocycles. The van der Waals surface area contributed by atoms with Crippen molar-refractivity contribution in [2.45, 2.75) is 32.2 Å². The fourth-order valence-electron chi connectivity index (χ4n) is 4.35. The Bertz CT molecular complexity index is 1490. The van der Waals surface area contributed by atoms with E-state index in [1.165, 1.54) is 0 Å². The van der Waals surface area contributed by atoms with Crippen molar-refractivity contribution in [1.29, 1.82) is 0 Å². The minimum atomic E-state index is -0.316. The molecule has 0 radical (unpaired) electrons. The Labute approximate surface area is 207 Å². The summed E-state index contributed by atoms with van der Waals surface area (Å²) in [6.45, 7) is 0.688. The second kappa shape index (κ2) is 10.0. The number of amides is 2. The van der Waals surface area contributed by atoms with Gasteiger partial charge in [0.1, 0.15) is 11.6 Å². The van der Waals surface area contributed by atoms with Gasteiger partial charge in [-0.2, -0.15) is 0 Å². The van der Waals surface area contributed by atoms with E-state index in [0.717, 1.165) is 31.5 Å². The molecule has 0 bridgehead atoms. The van der Waals surface area contributed by atoms with E-state index in [1.807, 2.05) is 0 Å². The summed E-state index contributed by atoms with van der Waals surface area (Å²) in [6.07, 6.45) is 3.82. The quantitative estimate of drug-likeness (QED) is 0.432. The molecule has 1 aromatic heterocycles. The number of nitrogens with one attached hydrogen (secondary N) is 2. The van der Waals surface area contributed by atoms with Crippen LogP contribution in [0.3, 0.4) is 0 Å². The van der Waals surface area contributed by atoms with E-state index in [9.17, 15) is 14.4 Å². The van der Waals surface area contributed by atoms with Crippen LogP contribution in [0.1, 0.15) is 45.8 Å². The number of rotatable bonds is 5. The maximum Gasteiger partial charge on any atom is 0.261 e. The molecule has 8 heteroatoms. The number of carbonyl (C=O) groups excluding carboxylic acids is 2. The van der Waals surface area contributed by atoms with Crippen LogP contribution >= 0.6 is 0 Å². The van der Waals surface area contributed by atoms with Crippen LogP contribution in [0.15, 0.2) is 71.5 Å². The SMILES string of the molecule is COc1ccc(NC(=O)c2ccc(NC(=O)c3ccc4c(=O)n5c(nc4c3)CCCCC5)cc2)cc1. The molecule has 1 aliphatic rings. The van der Waals surface area contributed by atoms with Crippen LogP contribution in [0.2, 0.25) is 0 Å². The molecule has 0 aliphatic carbocycles. The summed E-state index contributed by atoms with van der Waals surface area (Å²) in [5, 5.41) is 6.19.